The minimum absolute atomic E-state index is 0.251. The summed E-state index contributed by atoms with van der Waals surface area (Å²) < 4.78 is 14.7. The lowest BCUT2D eigenvalue weighted by molar-refractivity contribution is 0.115. The van der Waals surface area contributed by atoms with Crippen LogP contribution in [0.4, 0.5) is 4.39 Å². The molecule has 0 spiro atoms. The van der Waals surface area contributed by atoms with Gasteiger partial charge in [0.1, 0.15) is 11.5 Å². The zero-order valence-electron chi connectivity index (χ0n) is 14.9. The van der Waals surface area contributed by atoms with Crippen molar-refractivity contribution in [3.63, 3.8) is 0 Å². The average molecular weight is 370 g/mol. The van der Waals surface area contributed by atoms with Gasteiger partial charge >= 0.3 is 0 Å². The van der Waals surface area contributed by atoms with E-state index in [9.17, 15) is 14.6 Å². The maximum Gasteiger partial charge on any atom is 0.123 e. The minimum atomic E-state index is -0.957. The van der Waals surface area contributed by atoms with E-state index in [1.54, 1.807) is 16.8 Å². The van der Waals surface area contributed by atoms with Gasteiger partial charge in [0.15, 0.2) is 0 Å². The normalized spacial score (nSPS) is 11.7. The van der Waals surface area contributed by atoms with E-state index >= 15 is 0 Å². The number of aryl methyl sites for hydroxylation is 1. The summed E-state index contributed by atoms with van der Waals surface area (Å²) in [6.45, 7) is 0.0176. The second-order valence-corrected chi connectivity index (χ2v) is 6.80. The monoisotopic (exact) mass is 370 g/mol. The molecular weight excluding hydrogens is 347 g/mol. The quantitative estimate of drug-likeness (QED) is 0.561. The van der Waals surface area contributed by atoms with E-state index in [0.29, 0.717) is 19.4 Å². The highest BCUT2D eigenvalue weighted by atomic mass is 19.1. The Morgan fingerprint density at radius 3 is 2.22 bits per heavy atom. The molecule has 0 fully saturated rings. The molecule has 0 saturated heterocycles. The van der Waals surface area contributed by atoms with Gasteiger partial charge < -0.3 is 15.9 Å². The first kappa shape index (κ1) is 19.2. The summed E-state index contributed by atoms with van der Waals surface area (Å²) in [7, 11) is 0. The molecule has 0 aliphatic rings. The fourth-order valence-corrected chi connectivity index (χ4v) is 2.73. The highest BCUT2D eigenvalue weighted by Gasteiger charge is 2.22. The Morgan fingerprint density at radius 1 is 0.963 bits per heavy atom. The van der Waals surface area contributed by atoms with E-state index in [2.05, 4.69) is 10.3 Å². The molecule has 0 saturated carbocycles. The third kappa shape index (κ3) is 4.97. The summed E-state index contributed by atoms with van der Waals surface area (Å²) >= 11 is 0. The zero-order chi connectivity index (χ0) is 19.3. The van der Waals surface area contributed by atoms with Crippen LogP contribution in [0.3, 0.4) is 0 Å². The number of aliphatic hydroxyl groups excluding tert-OH is 2. The van der Waals surface area contributed by atoms with E-state index in [-0.39, 0.29) is 19.0 Å². The van der Waals surface area contributed by atoms with Crippen molar-refractivity contribution in [1.29, 1.82) is 0 Å². The lowest BCUT2D eigenvalue weighted by atomic mass is 9.93. The fraction of sp³-hybridized carbons (Fsp3) is 0.300. The smallest absolute Gasteiger partial charge is 0.123 e. The number of nitrogens with two attached hydrogens (primary N) is 1. The number of aromatic nitrogens is 3. The van der Waals surface area contributed by atoms with Gasteiger partial charge in [-0.3, -0.25) is 0 Å². The summed E-state index contributed by atoms with van der Waals surface area (Å²) in [5, 5.41) is 26.8. The standard InChI is InChI=1S/C20H23FN4O2/c21-18-7-3-16(4-8-18)11-25-12-19(23-24-25)17-5-1-15(2-6-17)9-10-20(22,13-26)14-27/h1-8,12,26-27H,9-11,13-14,22H2. The number of nitrogens with zero attached hydrogens (tertiary/aromatic N) is 3. The molecule has 1 heterocycles. The summed E-state index contributed by atoms with van der Waals surface area (Å²) in [6.07, 6.45) is 3.00. The van der Waals surface area contributed by atoms with Crippen LogP contribution in [0.1, 0.15) is 17.5 Å². The first-order valence-corrected chi connectivity index (χ1v) is 8.76. The lowest BCUT2D eigenvalue weighted by Crippen LogP contribution is -2.47. The maximum atomic E-state index is 13.0. The second-order valence-electron chi connectivity index (χ2n) is 6.80. The Hall–Kier alpha value is -2.61. The van der Waals surface area contributed by atoms with Gasteiger partial charge in [-0.2, -0.15) is 0 Å². The molecule has 3 rings (SSSR count). The Morgan fingerprint density at radius 2 is 1.59 bits per heavy atom. The van der Waals surface area contributed by atoms with E-state index in [0.717, 1.165) is 22.4 Å². The number of hydrogen-bond acceptors (Lipinski definition) is 5. The van der Waals surface area contributed by atoms with Crippen molar-refractivity contribution < 1.29 is 14.6 Å². The molecule has 0 atom stereocenters. The molecule has 0 aliphatic carbocycles. The van der Waals surface area contributed by atoms with E-state index in [4.69, 9.17) is 5.73 Å². The molecule has 7 heteroatoms. The van der Waals surface area contributed by atoms with Crippen LogP contribution >= 0.6 is 0 Å². The SMILES string of the molecule is NC(CO)(CO)CCc1ccc(-c2cn(Cc3ccc(F)cc3)nn2)cc1. The molecule has 142 valence electrons. The van der Waals surface area contributed by atoms with Gasteiger partial charge in [-0.25, -0.2) is 9.07 Å². The van der Waals surface area contributed by atoms with Crippen molar-refractivity contribution in [2.45, 2.75) is 24.9 Å². The van der Waals surface area contributed by atoms with Crippen molar-refractivity contribution in [2.24, 2.45) is 5.73 Å². The molecule has 2 aromatic carbocycles. The third-order valence-corrected chi connectivity index (χ3v) is 4.59. The van der Waals surface area contributed by atoms with Gasteiger partial charge in [-0.05, 0) is 36.1 Å². The van der Waals surface area contributed by atoms with Crippen molar-refractivity contribution in [3.05, 3.63) is 71.7 Å². The molecule has 0 radical (unpaired) electrons. The molecule has 1 aromatic heterocycles. The number of halogens is 1. The summed E-state index contributed by atoms with van der Waals surface area (Å²) in [5.74, 6) is -0.261. The molecule has 27 heavy (non-hydrogen) atoms. The first-order chi connectivity index (χ1) is 13.0. The van der Waals surface area contributed by atoms with E-state index in [1.807, 2.05) is 30.5 Å². The number of hydrogen-bond donors (Lipinski definition) is 3. The Balaban J connectivity index is 1.63. The first-order valence-electron chi connectivity index (χ1n) is 8.76. The second kappa shape index (κ2) is 8.39. The van der Waals surface area contributed by atoms with Crippen molar-refractivity contribution in [3.8, 4) is 11.3 Å². The molecule has 0 unspecified atom stereocenters. The van der Waals surface area contributed by atoms with Gasteiger partial charge in [0.05, 0.1) is 31.5 Å². The van der Waals surface area contributed by atoms with Crippen LogP contribution in [0.2, 0.25) is 0 Å². The topological polar surface area (TPSA) is 97.2 Å². The minimum Gasteiger partial charge on any atom is -0.394 e. The number of benzene rings is 2. The Labute approximate surface area is 157 Å². The molecule has 0 aliphatic heterocycles. The van der Waals surface area contributed by atoms with Crippen LogP contribution in [0.5, 0.6) is 0 Å². The lowest BCUT2D eigenvalue weighted by Gasteiger charge is -2.24. The summed E-state index contributed by atoms with van der Waals surface area (Å²) in [6, 6.07) is 14.2. The number of aliphatic hydroxyl groups is 2. The van der Waals surface area contributed by atoms with Crippen molar-refractivity contribution >= 4 is 0 Å². The molecule has 0 bridgehead atoms. The average Bonchev–Trinajstić information content (AvgIpc) is 3.17. The predicted molar refractivity (Wildman–Crippen MR) is 100 cm³/mol. The highest BCUT2D eigenvalue weighted by Crippen LogP contribution is 2.19. The van der Waals surface area contributed by atoms with Crippen LogP contribution in [0.15, 0.2) is 54.7 Å². The van der Waals surface area contributed by atoms with Crippen LogP contribution in [0, 0.1) is 5.82 Å². The fourth-order valence-electron chi connectivity index (χ4n) is 2.73. The molecule has 4 N–H and O–H groups in total. The molecule has 6 nitrogen and oxygen atoms in total. The molecule has 3 aromatic rings. The van der Waals surface area contributed by atoms with Gasteiger partial charge in [0, 0.05) is 5.56 Å². The van der Waals surface area contributed by atoms with E-state index < -0.39 is 5.54 Å². The Kier molecular flexibility index (Phi) is 5.95. The zero-order valence-corrected chi connectivity index (χ0v) is 14.9. The van der Waals surface area contributed by atoms with Gasteiger partial charge in [-0.1, -0.05) is 41.6 Å². The number of rotatable bonds is 8. The van der Waals surface area contributed by atoms with Gasteiger partial charge in [-0.15, -0.1) is 5.10 Å². The van der Waals surface area contributed by atoms with Crippen LogP contribution in [-0.4, -0.2) is 44.0 Å². The molecule has 0 amide bonds. The van der Waals surface area contributed by atoms with Crippen LogP contribution in [-0.2, 0) is 13.0 Å². The van der Waals surface area contributed by atoms with Crippen LogP contribution < -0.4 is 5.73 Å². The van der Waals surface area contributed by atoms with Crippen molar-refractivity contribution in [2.75, 3.05) is 13.2 Å². The largest absolute Gasteiger partial charge is 0.394 e. The highest BCUT2D eigenvalue weighted by molar-refractivity contribution is 5.58. The summed E-state index contributed by atoms with van der Waals surface area (Å²) in [4.78, 5) is 0. The van der Waals surface area contributed by atoms with Crippen molar-refractivity contribution in [1.82, 2.24) is 15.0 Å². The van der Waals surface area contributed by atoms with Gasteiger partial charge in [0.25, 0.3) is 0 Å². The summed E-state index contributed by atoms with van der Waals surface area (Å²) in [5.41, 5.74) is 8.64. The van der Waals surface area contributed by atoms with E-state index in [1.165, 1.54) is 12.1 Å². The maximum absolute atomic E-state index is 13.0. The van der Waals surface area contributed by atoms with Gasteiger partial charge in [0.2, 0.25) is 0 Å². The third-order valence-electron chi connectivity index (χ3n) is 4.59. The predicted octanol–water partition coefficient (Wildman–Crippen LogP) is 1.75. The molecular formula is C20H23FN4O2. The Bertz CT molecular complexity index is 858. The van der Waals surface area contributed by atoms with Crippen LogP contribution in [0.25, 0.3) is 11.3 Å².